The molecule has 0 unspecified atom stereocenters. The van der Waals surface area contributed by atoms with Crippen molar-refractivity contribution in [2.45, 2.75) is 70.1 Å². The number of carbonyl (C=O) groups excluding carboxylic acids is 1. The van der Waals surface area contributed by atoms with E-state index in [0.29, 0.717) is 0 Å². The standard InChI is InChI=1S/C18H28N2O2S/c1-2-14(17-10-6-12-23-17)19-18(22)20-11-5-8-15(20)13-7-3-4-9-16(13)21/h6,10,12-16,21H,2-5,7-9,11H2,1H3,(H,19,22)/t13-,14+,15-,16+/m1/s1. The van der Waals surface area contributed by atoms with Gasteiger partial charge in [0.25, 0.3) is 0 Å². The molecule has 2 fully saturated rings. The van der Waals surface area contributed by atoms with E-state index in [1.807, 2.05) is 11.0 Å². The highest BCUT2D eigenvalue weighted by molar-refractivity contribution is 7.10. The van der Waals surface area contributed by atoms with Crippen LogP contribution in [0, 0.1) is 5.92 Å². The number of nitrogens with one attached hydrogen (secondary N) is 1. The second-order valence-electron chi connectivity index (χ2n) is 6.84. The van der Waals surface area contributed by atoms with E-state index in [4.69, 9.17) is 0 Å². The van der Waals surface area contributed by atoms with Crippen molar-refractivity contribution in [1.82, 2.24) is 10.2 Å². The lowest BCUT2D eigenvalue weighted by atomic mass is 9.80. The molecule has 5 heteroatoms. The van der Waals surface area contributed by atoms with Gasteiger partial charge in [-0.05, 0) is 43.6 Å². The van der Waals surface area contributed by atoms with Gasteiger partial charge in [-0.25, -0.2) is 4.79 Å². The van der Waals surface area contributed by atoms with Gasteiger partial charge < -0.3 is 15.3 Å². The fourth-order valence-electron chi connectivity index (χ4n) is 4.17. The summed E-state index contributed by atoms with van der Waals surface area (Å²) in [5.41, 5.74) is 0. The predicted molar refractivity (Wildman–Crippen MR) is 93.6 cm³/mol. The summed E-state index contributed by atoms with van der Waals surface area (Å²) in [6, 6.07) is 4.48. The van der Waals surface area contributed by atoms with E-state index in [1.165, 1.54) is 11.3 Å². The van der Waals surface area contributed by atoms with Gasteiger partial charge in [0.2, 0.25) is 0 Å². The lowest BCUT2D eigenvalue weighted by molar-refractivity contribution is 0.0304. The summed E-state index contributed by atoms with van der Waals surface area (Å²) in [4.78, 5) is 16.0. The molecule has 4 nitrogen and oxygen atoms in total. The fraction of sp³-hybridized carbons (Fsp3) is 0.722. The van der Waals surface area contributed by atoms with Crippen molar-refractivity contribution in [2.75, 3.05) is 6.54 Å². The Morgan fingerprint density at radius 3 is 2.91 bits per heavy atom. The summed E-state index contributed by atoms with van der Waals surface area (Å²) in [5, 5.41) is 15.6. The number of aliphatic hydroxyl groups is 1. The maximum atomic E-state index is 12.8. The molecule has 23 heavy (non-hydrogen) atoms. The fourth-order valence-corrected chi connectivity index (χ4v) is 5.04. The molecule has 0 aromatic carbocycles. The Morgan fingerprint density at radius 1 is 1.39 bits per heavy atom. The second-order valence-corrected chi connectivity index (χ2v) is 7.82. The minimum absolute atomic E-state index is 0.0468. The van der Waals surface area contributed by atoms with Crippen molar-refractivity contribution in [1.29, 1.82) is 0 Å². The molecule has 2 heterocycles. The molecule has 2 amide bonds. The Labute approximate surface area is 142 Å². The topological polar surface area (TPSA) is 52.6 Å². The van der Waals surface area contributed by atoms with Crippen LogP contribution < -0.4 is 5.32 Å². The first kappa shape index (κ1) is 16.8. The number of hydrogen-bond donors (Lipinski definition) is 2. The maximum Gasteiger partial charge on any atom is 0.318 e. The molecule has 0 bridgehead atoms. The van der Waals surface area contributed by atoms with E-state index in [9.17, 15) is 9.90 Å². The predicted octanol–water partition coefficient (Wildman–Crippen LogP) is 3.92. The van der Waals surface area contributed by atoms with E-state index in [-0.39, 0.29) is 30.1 Å². The van der Waals surface area contributed by atoms with Gasteiger partial charge in [-0.15, -0.1) is 11.3 Å². The number of rotatable bonds is 4. The molecular weight excluding hydrogens is 308 g/mol. The van der Waals surface area contributed by atoms with Gasteiger partial charge in [-0.2, -0.15) is 0 Å². The normalized spacial score (nSPS) is 29.5. The van der Waals surface area contributed by atoms with Crippen LogP contribution in [0.1, 0.15) is 62.8 Å². The zero-order chi connectivity index (χ0) is 16.2. The van der Waals surface area contributed by atoms with Gasteiger partial charge in [0.1, 0.15) is 0 Å². The average Bonchev–Trinajstić information content (AvgIpc) is 3.24. The van der Waals surface area contributed by atoms with Gasteiger partial charge in [-0.3, -0.25) is 0 Å². The third-order valence-electron chi connectivity index (χ3n) is 5.43. The summed E-state index contributed by atoms with van der Waals surface area (Å²) >= 11 is 1.70. The van der Waals surface area contributed by atoms with Gasteiger partial charge in [-0.1, -0.05) is 25.8 Å². The van der Waals surface area contributed by atoms with Gasteiger partial charge in [0, 0.05) is 23.4 Å². The molecule has 3 rings (SSSR count). The van der Waals surface area contributed by atoms with Crippen molar-refractivity contribution in [3.8, 4) is 0 Å². The Morgan fingerprint density at radius 2 is 2.22 bits per heavy atom. The highest BCUT2D eigenvalue weighted by Crippen LogP contribution is 2.35. The third kappa shape index (κ3) is 3.72. The first-order valence-electron chi connectivity index (χ1n) is 8.99. The molecule has 1 saturated carbocycles. The molecular formula is C18H28N2O2S. The minimum Gasteiger partial charge on any atom is -0.393 e. The lowest BCUT2D eigenvalue weighted by Crippen LogP contribution is -2.49. The Bertz CT molecular complexity index is 505. The number of aliphatic hydroxyl groups excluding tert-OH is 1. The van der Waals surface area contributed by atoms with Crippen molar-refractivity contribution in [3.05, 3.63) is 22.4 Å². The summed E-state index contributed by atoms with van der Waals surface area (Å²) in [5.74, 6) is 0.263. The zero-order valence-electron chi connectivity index (χ0n) is 13.9. The third-order valence-corrected chi connectivity index (χ3v) is 6.41. The van der Waals surface area contributed by atoms with E-state index in [1.54, 1.807) is 11.3 Å². The van der Waals surface area contributed by atoms with Crippen LogP contribution >= 0.6 is 11.3 Å². The van der Waals surface area contributed by atoms with Crippen molar-refractivity contribution in [3.63, 3.8) is 0 Å². The molecule has 2 aliphatic rings. The second kappa shape index (κ2) is 7.67. The highest BCUT2D eigenvalue weighted by atomic mass is 32.1. The summed E-state index contributed by atoms with van der Waals surface area (Å²) in [7, 11) is 0. The van der Waals surface area contributed by atoms with Crippen LogP contribution in [0.2, 0.25) is 0 Å². The van der Waals surface area contributed by atoms with Crippen molar-refractivity contribution < 1.29 is 9.90 Å². The molecule has 1 aromatic heterocycles. The summed E-state index contributed by atoms with van der Waals surface area (Å²) in [6.07, 6.45) is 6.99. The Hall–Kier alpha value is -1.07. The zero-order valence-corrected chi connectivity index (χ0v) is 14.7. The number of amides is 2. The number of hydrogen-bond acceptors (Lipinski definition) is 3. The molecule has 1 saturated heterocycles. The molecule has 4 atom stereocenters. The first-order valence-corrected chi connectivity index (χ1v) is 9.87. The van der Waals surface area contributed by atoms with Crippen LogP contribution in [0.15, 0.2) is 17.5 Å². The monoisotopic (exact) mass is 336 g/mol. The van der Waals surface area contributed by atoms with Crippen LogP contribution in [-0.4, -0.2) is 34.7 Å². The molecule has 1 aromatic rings. The number of thiophene rings is 1. The van der Waals surface area contributed by atoms with Crippen molar-refractivity contribution >= 4 is 17.4 Å². The molecule has 1 aliphatic heterocycles. The van der Waals surface area contributed by atoms with E-state index in [2.05, 4.69) is 23.7 Å². The molecule has 128 valence electrons. The number of carbonyl (C=O) groups is 1. The summed E-state index contributed by atoms with van der Waals surface area (Å²) in [6.45, 7) is 2.93. The van der Waals surface area contributed by atoms with Crippen LogP contribution in [0.3, 0.4) is 0 Å². The van der Waals surface area contributed by atoms with E-state index < -0.39 is 0 Å². The van der Waals surface area contributed by atoms with E-state index >= 15 is 0 Å². The molecule has 1 aliphatic carbocycles. The lowest BCUT2D eigenvalue weighted by Gasteiger charge is -2.37. The SMILES string of the molecule is CC[C@H](NC(=O)N1CCC[C@@H]1[C@H]1CCCC[C@@H]1O)c1cccs1. The number of urea groups is 1. The minimum atomic E-state index is -0.235. The van der Waals surface area contributed by atoms with Gasteiger partial charge >= 0.3 is 6.03 Å². The van der Waals surface area contributed by atoms with Gasteiger partial charge in [0.05, 0.1) is 12.1 Å². The summed E-state index contributed by atoms with van der Waals surface area (Å²) < 4.78 is 0. The largest absolute Gasteiger partial charge is 0.393 e. The van der Waals surface area contributed by atoms with Crippen LogP contribution in [0.25, 0.3) is 0 Å². The maximum absolute atomic E-state index is 12.8. The van der Waals surface area contributed by atoms with E-state index in [0.717, 1.165) is 45.1 Å². The molecule has 2 N–H and O–H groups in total. The van der Waals surface area contributed by atoms with Gasteiger partial charge in [0.15, 0.2) is 0 Å². The van der Waals surface area contributed by atoms with Crippen molar-refractivity contribution in [2.24, 2.45) is 5.92 Å². The smallest absolute Gasteiger partial charge is 0.318 e. The Kier molecular flexibility index (Phi) is 5.59. The molecule has 0 radical (unpaired) electrons. The molecule has 0 spiro atoms. The quantitative estimate of drug-likeness (QED) is 0.875. The first-order chi connectivity index (χ1) is 11.2. The van der Waals surface area contributed by atoms with Crippen LogP contribution in [0.5, 0.6) is 0 Å². The highest BCUT2D eigenvalue weighted by Gasteiger charge is 2.39. The average molecular weight is 337 g/mol. The Balaban J connectivity index is 1.65. The van der Waals surface area contributed by atoms with Crippen LogP contribution in [-0.2, 0) is 0 Å². The number of likely N-dealkylation sites (tertiary alicyclic amines) is 1. The number of nitrogens with zero attached hydrogens (tertiary/aromatic N) is 1. The van der Waals surface area contributed by atoms with Crippen LogP contribution in [0.4, 0.5) is 4.79 Å².